The molecule has 0 fully saturated rings. The summed E-state index contributed by atoms with van der Waals surface area (Å²) in [5.74, 6) is -0.696. The SMILES string of the molecule is CN(C)CCOCCNC(=O)c1ccc(F)c(S)c1. The number of carbonyl (C=O) groups is 1. The number of nitrogens with zero attached hydrogens (tertiary/aromatic N) is 1. The highest BCUT2D eigenvalue weighted by atomic mass is 32.1. The molecule has 0 radical (unpaired) electrons. The van der Waals surface area contributed by atoms with Crippen molar-refractivity contribution in [3.8, 4) is 0 Å². The van der Waals surface area contributed by atoms with Crippen LogP contribution in [0.5, 0.6) is 0 Å². The molecule has 1 N–H and O–H groups in total. The quantitative estimate of drug-likeness (QED) is 0.588. The first kappa shape index (κ1) is 15.9. The minimum absolute atomic E-state index is 0.162. The van der Waals surface area contributed by atoms with E-state index in [9.17, 15) is 9.18 Å². The third-order valence-electron chi connectivity index (χ3n) is 2.42. The molecule has 0 aliphatic heterocycles. The Kier molecular flexibility index (Phi) is 6.83. The Balaban J connectivity index is 2.26. The molecule has 4 nitrogen and oxygen atoms in total. The molecular weight excluding hydrogens is 267 g/mol. The predicted molar refractivity (Wildman–Crippen MR) is 75.4 cm³/mol. The van der Waals surface area contributed by atoms with Gasteiger partial charge in [-0.25, -0.2) is 4.39 Å². The van der Waals surface area contributed by atoms with E-state index in [1.54, 1.807) is 0 Å². The minimum atomic E-state index is -0.438. The highest BCUT2D eigenvalue weighted by molar-refractivity contribution is 7.80. The molecule has 0 unspecified atom stereocenters. The maximum absolute atomic E-state index is 13.0. The number of amides is 1. The fourth-order valence-corrected chi connectivity index (χ4v) is 1.56. The summed E-state index contributed by atoms with van der Waals surface area (Å²) in [4.78, 5) is 13.9. The van der Waals surface area contributed by atoms with Gasteiger partial charge in [0.1, 0.15) is 5.82 Å². The molecule has 1 aromatic carbocycles. The largest absolute Gasteiger partial charge is 0.378 e. The van der Waals surface area contributed by atoms with Gasteiger partial charge in [0.05, 0.1) is 13.2 Å². The van der Waals surface area contributed by atoms with Crippen LogP contribution in [0.15, 0.2) is 23.1 Å². The van der Waals surface area contributed by atoms with Crippen molar-refractivity contribution in [1.82, 2.24) is 10.2 Å². The van der Waals surface area contributed by atoms with E-state index in [0.717, 1.165) is 6.54 Å². The van der Waals surface area contributed by atoms with Gasteiger partial charge in [-0.3, -0.25) is 4.79 Å². The van der Waals surface area contributed by atoms with Crippen molar-refractivity contribution < 1.29 is 13.9 Å². The first-order valence-electron chi connectivity index (χ1n) is 6.00. The lowest BCUT2D eigenvalue weighted by atomic mass is 10.2. The first-order valence-corrected chi connectivity index (χ1v) is 6.44. The van der Waals surface area contributed by atoms with E-state index >= 15 is 0 Å². The molecule has 106 valence electrons. The lowest BCUT2D eigenvalue weighted by molar-refractivity contribution is 0.0900. The van der Waals surface area contributed by atoms with Crippen LogP contribution in [0.4, 0.5) is 4.39 Å². The summed E-state index contributed by atoms with van der Waals surface area (Å²) in [6.07, 6.45) is 0. The topological polar surface area (TPSA) is 41.6 Å². The third kappa shape index (κ3) is 6.04. The lowest BCUT2D eigenvalue weighted by Crippen LogP contribution is -2.28. The summed E-state index contributed by atoms with van der Waals surface area (Å²) in [5, 5.41) is 2.70. The van der Waals surface area contributed by atoms with E-state index in [0.29, 0.717) is 25.3 Å². The van der Waals surface area contributed by atoms with Gasteiger partial charge in [0.25, 0.3) is 5.91 Å². The molecule has 1 amide bonds. The smallest absolute Gasteiger partial charge is 0.251 e. The second-order valence-electron chi connectivity index (χ2n) is 4.34. The van der Waals surface area contributed by atoms with Gasteiger partial charge >= 0.3 is 0 Å². The molecule has 0 saturated carbocycles. The number of likely N-dealkylation sites (N-methyl/N-ethyl adjacent to an activating group) is 1. The molecule has 1 rings (SSSR count). The number of nitrogens with one attached hydrogen (secondary N) is 1. The Bertz CT molecular complexity index is 427. The standard InChI is InChI=1S/C13H19FN2O2S/c1-16(2)6-8-18-7-5-15-13(17)10-3-4-11(14)12(19)9-10/h3-4,9,19H,5-8H2,1-2H3,(H,15,17). The maximum atomic E-state index is 13.0. The summed E-state index contributed by atoms with van der Waals surface area (Å²) in [6, 6.07) is 4.06. The summed E-state index contributed by atoms with van der Waals surface area (Å²) in [7, 11) is 3.93. The van der Waals surface area contributed by atoms with Gasteiger partial charge < -0.3 is 15.0 Å². The molecule has 0 bridgehead atoms. The summed E-state index contributed by atoms with van der Waals surface area (Å²) >= 11 is 3.93. The zero-order chi connectivity index (χ0) is 14.3. The molecule has 6 heteroatoms. The van der Waals surface area contributed by atoms with Gasteiger partial charge in [-0.05, 0) is 32.3 Å². The van der Waals surface area contributed by atoms with Crippen LogP contribution in [-0.2, 0) is 4.74 Å². The Hall–Kier alpha value is -1.11. The molecule has 0 aliphatic rings. The van der Waals surface area contributed by atoms with Gasteiger partial charge in [0, 0.05) is 23.5 Å². The third-order valence-corrected chi connectivity index (χ3v) is 2.77. The summed E-state index contributed by atoms with van der Waals surface area (Å²) in [6.45, 7) is 2.34. The number of rotatable bonds is 7. The first-order chi connectivity index (χ1) is 9.00. The van der Waals surface area contributed by atoms with Crippen LogP contribution in [0.25, 0.3) is 0 Å². The van der Waals surface area contributed by atoms with E-state index in [1.807, 2.05) is 19.0 Å². The predicted octanol–water partition coefficient (Wildman–Crippen LogP) is 1.42. The zero-order valence-electron chi connectivity index (χ0n) is 11.1. The van der Waals surface area contributed by atoms with E-state index in [1.165, 1.54) is 18.2 Å². The van der Waals surface area contributed by atoms with Crippen molar-refractivity contribution in [2.75, 3.05) is 40.4 Å². The number of hydrogen-bond acceptors (Lipinski definition) is 4. The molecule has 19 heavy (non-hydrogen) atoms. The van der Waals surface area contributed by atoms with Crippen LogP contribution in [0.3, 0.4) is 0 Å². The Labute approximate surface area is 118 Å². The van der Waals surface area contributed by atoms with Crippen LogP contribution >= 0.6 is 12.6 Å². The number of hydrogen-bond donors (Lipinski definition) is 2. The molecule has 0 saturated heterocycles. The van der Waals surface area contributed by atoms with Gasteiger partial charge in [-0.2, -0.15) is 0 Å². The molecule has 0 aromatic heterocycles. The van der Waals surface area contributed by atoms with Gasteiger partial charge in [0.2, 0.25) is 0 Å². The van der Waals surface area contributed by atoms with E-state index < -0.39 is 5.82 Å². The highest BCUT2D eigenvalue weighted by Gasteiger charge is 2.07. The van der Waals surface area contributed by atoms with E-state index in [-0.39, 0.29) is 10.8 Å². The van der Waals surface area contributed by atoms with Gasteiger partial charge in [-0.15, -0.1) is 12.6 Å². The minimum Gasteiger partial charge on any atom is -0.378 e. The van der Waals surface area contributed by atoms with E-state index in [2.05, 4.69) is 17.9 Å². The fourth-order valence-electron chi connectivity index (χ4n) is 1.34. The van der Waals surface area contributed by atoms with Gasteiger partial charge in [0.15, 0.2) is 0 Å². The molecule has 0 aliphatic carbocycles. The summed E-state index contributed by atoms with van der Waals surface area (Å²) in [5.41, 5.74) is 0.389. The van der Waals surface area contributed by atoms with E-state index in [4.69, 9.17) is 4.74 Å². The fraction of sp³-hybridized carbons (Fsp3) is 0.462. The normalized spacial score (nSPS) is 10.8. The van der Waals surface area contributed by atoms with Crippen molar-refractivity contribution in [3.63, 3.8) is 0 Å². The van der Waals surface area contributed by atoms with Crippen molar-refractivity contribution in [3.05, 3.63) is 29.6 Å². The zero-order valence-corrected chi connectivity index (χ0v) is 12.0. The number of benzene rings is 1. The number of halogens is 1. The molecule has 0 spiro atoms. The molecule has 0 atom stereocenters. The Morgan fingerprint density at radius 3 is 2.79 bits per heavy atom. The van der Waals surface area contributed by atoms with Crippen molar-refractivity contribution in [1.29, 1.82) is 0 Å². The number of carbonyl (C=O) groups excluding carboxylic acids is 1. The molecule has 1 aromatic rings. The van der Waals surface area contributed by atoms with Crippen LogP contribution in [0.2, 0.25) is 0 Å². The van der Waals surface area contributed by atoms with Crippen molar-refractivity contribution in [2.24, 2.45) is 0 Å². The number of thiol groups is 1. The average molecular weight is 286 g/mol. The Morgan fingerprint density at radius 1 is 1.42 bits per heavy atom. The molecule has 0 heterocycles. The van der Waals surface area contributed by atoms with Gasteiger partial charge in [-0.1, -0.05) is 0 Å². The second kappa shape index (κ2) is 8.14. The molecular formula is C13H19FN2O2S. The van der Waals surface area contributed by atoms with Crippen molar-refractivity contribution >= 4 is 18.5 Å². The second-order valence-corrected chi connectivity index (χ2v) is 4.82. The van der Waals surface area contributed by atoms with Crippen LogP contribution in [-0.4, -0.2) is 51.2 Å². The van der Waals surface area contributed by atoms with Crippen LogP contribution < -0.4 is 5.32 Å². The Morgan fingerprint density at radius 2 is 2.16 bits per heavy atom. The number of ether oxygens (including phenoxy) is 1. The maximum Gasteiger partial charge on any atom is 0.251 e. The van der Waals surface area contributed by atoms with Crippen LogP contribution in [0, 0.1) is 5.82 Å². The highest BCUT2D eigenvalue weighted by Crippen LogP contribution is 2.13. The lowest BCUT2D eigenvalue weighted by Gasteiger charge is -2.10. The average Bonchev–Trinajstić information content (AvgIpc) is 2.36. The van der Waals surface area contributed by atoms with Crippen molar-refractivity contribution in [2.45, 2.75) is 4.90 Å². The monoisotopic (exact) mass is 286 g/mol. The summed E-state index contributed by atoms with van der Waals surface area (Å²) < 4.78 is 18.3. The van der Waals surface area contributed by atoms with Crippen LogP contribution in [0.1, 0.15) is 10.4 Å².